The number of hydrogen-bond acceptors (Lipinski definition) is 4. The Kier molecular flexibility index (Phi) is 6.97. The number of halogens is 1. The highest BCUT2D eigenvalue weighted by atomic mass is 35.5. The van der Waals surface area contributed by atoms with E-state index in [0.29, 0.717) is 6.04 Å². The predicted octanol–water partition coefficient (Wildman–Crippen LogP) is 4.35. The highest BCUT2D eigenvalue weighted by Gasteiger charge is 2.28. The van der Waals surface area contributed by atoms with Crippen LogP contribution in [0.5, 0.6) is 5.75 Å². The molecule has 4 rings (SSSR count). The van der Waals surface area contributed by atoms with Gasteiger partial charge in [-0.3, -0.25) is 4.57 Å². The minimum absolute atomic E-state index is 0.296. The first-order valence-corrected chi connectivity index (χ1v) is 11.8. The van der Waals surface area contributed by atoms with E-state index in [-0.39, 0.29) is 0 Å². The van der Waals surface area contributed by atoms with Crippen LogP contribution in [0, 0.1) is 0 Å². The van der Waals surface area contributed by atoms with E-state index in [1.54, 1.807) is 23.8 Å². The minimum Gasteiger partial charge on any atom is -0.497 e. The van der Waals surface area contributed by atoms with E-state index < -0.39 is 0 Å². The molecule has 7 heteroatoms. The Hall–Kier alpha value is -2.02. The van der Waals surface area contributed by atoms with Gasteiger partial charge in [0, 0.05) is 16.5 Å². The molecule has 1 aromatic heterocycles. The molecule has 158 valence electrons. The van der Waals surface area contributed by atoms with Crippen molar-refractivity contribution >= 4 is 23.4 Å². The molecule has 0 spiro atoms. The fourth-order valence-electron chi connectivity index (χ4n) is 3.98. The van der Waals surface area contributed by atoms with Gasteiger partial charge in [0.15, 0.2) is 11.0 Å². The number of ether oxygens (including phenoxy) is 1. The molecule has 1 fully saturated rings. The van der Waals surface area contributed by atoms with Gasteiger partial charge in [-0.05, 0) is 68.1 Å². The van der Waals surface area contributed by atoms with Crippen LogP contribution in [0.3, 0.4) is 0 Å². The number of nitrogens with one attached hydrogen (secondary N) is 1. The largest absolute Gasteiger partial charge is 0.497 e. The number of hydrogen-bond donors (Lipinski definition) is 1. The van der Waals surface area contributed by atoms with E-state index in [1.165, 1.54) is 37.9 Å². The summed E-state index contributed by atoms with van der Waals surface area (Å²) in [5.41, 5.74) is 2.28. The van der Waals surface area contributed by atoms with Crippen LogP contribution in [0.25, 0.3) is 5.69 Å². The molecule has 1 N–H and O–H groups in total. The zero-order valence-electron chi connectivity index (χ0n) is 17.5. The Morgan fingerprint density at radius 1 is 1.03 bits per heavy atom. The molecule has 30 heavy (non-hydrogen) atoms. The molecule has 3 aromatic rings. The fraction of sp³-hybridized carbons (Fsp3) is 0.391. The Balaban J connectivity index is 1.64. The van der Waals surface area contributed by atoms with Crippen molar-refractivity contribution in [3.8, 4) is 11.4 Å². The molecule has 0 saturated carbocycles. The van der Waals surface area contributed by atoms with Crippen molar-refractivity contribution in [2.75, 3.05) is 20.2 Å². The van der Waals surface area contributed by atoms with Gasteiger partial charge < -0.3 is 9.64 Å². The maximum atomic E-state index is 6.02. The Morgan fingerprint density at radius 2 is 1.73 bits per heavy atom. The van der Waals surface area contributed by atoms with Crippen LogP contribution >= 0.6 is 23.4 Å². The fourth-order valence-corrected chi connectivity index (χ4v) is 5.02. The lowest BCUT2D eigenvalue weighted by atomic mass is 10.1. The van der Waals surface area contributed by atoms with Crippen LogP contribution in [-0.2, 0) is 5.75 Å². The molecule has 1 aliphatic rings. The van der Waals surface area contributed by atoms with E-state index in [9.17, 15) is 0 Å². The number of methoxy groups -OCH3 is 1. The Morgan fingerprint density at radius 3 is 2.40 bits per heavy atom. The molecular formula is C23H28ClN4OS+. The van der Waals surface area contributed by atoms with E-state index in [2.05, 4.69) is 46.0 Å². The van der Waals surface area contributed by atoms with Crippen LogP contribution < -0.4 is 9.64 Å². The number of nitrogens with zero attached hydrogens (tertiary/aromatic N) is 3. The van der Waals surface area contributed by atoms with E-state index in [0.717, 1.165) is 33.2 Å². The van der Waals surface area contributed by atoms with E-state index in [1.807, 2.05) is 24.3 Å². The first kappa shape index (κ1) is 21.2. The number of thioether (sulfide) groups is 1. The molecule has 0 aliphatic carbocycles. The summed E-state index contributed by atoms with van der Waals surface area (Å²) in [7, 11) is 1.69. The summed E-state index contributed by atoms with van der Waals surface area (Å²) in [5, 5.41) is 10.9. The summed E-state index contributed by atoms with van der Waals surface area (Å²) in [6.07, 6.45) is 3.91. The summed E-state index contributed by atoms with van der Waals surface area (Å²) in [4.78, 5) is 1.60. The third-order valence-corrected chi connectivity index (χ3v) is 7.02. The molecule has 0 bridgehead atoms. The van der Waals surface area contributed by atoms with Crippen molar-refractivity contribution in [2.45, 2.75) is 43.1 Å². The maximum Gasteiger partial charge on any atom is 0.196 e. The van der Waals surface area contributed by atoms with Gasteiger partial charge in [0.05, 0.1) is 20.2 Å². The van der Waals surface area contributed by atoms with Crippen molar-refractivity contribution in [3.05, 3.63) is 64.9 Å². The summed E-state index contributed by atoms with van der Waals surface area (Å²) in [6.45, 7) is 4.67. The van der Waals surface area contributed by atoms with Crippen LogP contribution in [0.4, 0.5) is 0 Å². The quantitative estimate of drug-likeness (QED) is 0.551. The number of quaternary nitrogens is 1. The van der Waals surface area contributed by atoms with Crippen molar-refractivity contribution in [2.24, 2.45) is 0 Å². The third-order valence-electron chi connectivity index (χ3n) is 5.77. The number of likely N-dealkylation sites (tertiary alicyclic amines) is 1. The van der Waals surface area contributed by atoms with Gasteiger partial charge in [-0.2, -0.15) is 0 Å². The van der Waals surface area contributed by atoms with Crippen LogP contribution in [0.15, 0.2) is 53.7 Å². The molecule has 2 aromatic carbocycles. The molecule has 0 unspecified atom stereocenters. The lowest BCUT2D eigenvalue weighted by Crippen LogP contribution is -3.12. The average Bonchev–Trinajstić information content (AvgIpc) is 3.22. The van der Waals surface area contributed by atoms with Gasteiger partial charge in [-0.1, -0.05) is 35.5 Å². The summed E-state index contributed by atoms with van der Waals surface area (Å²) >= 11 is 7.73. The molecular weight excluding hydrogens is 416 g/mol. The lowest BCUT2D eigenvalue weighted by Gasteiger charge is -2.29. The molecule has 0 radical (unpaired) electrons. The van der Waals surface area contributed by atoms with Crippen molar-refractivity contribution < 1.29 is 9.64 Å². The van der Waals surface area contributed by atoms with Gasteiger partial charge in [-0.25, -0.2) is 0 Å². The topological polar surface area (TPSA) is 44.4 Å². The third kappa shape index (κ3) is 4.82. The molecule has 5 nitrogen and oxygen atoms in total. The van der Waals surface area contributed by atoms with Crippen LogP contribution in [0.2, 0.25) is 5.02 Å². The second-order valence-electron chi connectivity index (χ2n) is 7.73. The standard InChI is InChI=1S/C23H27ClN4OS/c1-17(27-14-4-3-5-15-27)22-25-26-23(30-16-18-6-8-19(24)9-7-18)28(22)20-10-12-21(29-2)13-11-20/h6-13,17H,3-5,14-16H2,1-2H3/p+1/t17-/m1/s1. The van der Waals surface area contributed by atoms with Gasteiger partial charge in [0.1, 0.15) is 11.8 Å². The normalized spacial score (nSPS) is 15.8. The Labute approximate surface area is 187 Å². The van der Waals surface area contributed by atoms with Crippen molar-refractivity contribution in [1.29, 1.82) is 0 Å². The molecule has 0 amide bonds. The summed E-state index contributed by atoms with van der Waals surface area (Å²) < 4.78 is 7.56. The zero-order chi connectivity index (χ0) is 20.9. The zero-order valence-corrected chi connectivity index (χ0v) is 19.0. The van der Waals surface area contributed by atoms with E-state index in [4.69, 9.17) is 16.3 Å². The summed E-state index contributed by atoms with van der Waals surface area (Å²) in [6, 6.07) is 16.4. The highest BCUT2D eigenvalue weighted by molar-refractivity contribution is 7.98. The average molecular weight is 444 g/mol. The first-order chi connectivity index (χ1) is 14.7. The number of aromatic nitrogens is 3. The predicted molar refractivity (Wildman–Crippen MR) is 122 cm³/mol. The number of piperidine rings is 1. The van der Waals surface area contributed by atoms with Gasteiger partial charge >= 0.3 is 0 Å². The van der Waals surface area contributed by atoms with Gasteiger partial charge in [0.2, 0.25) is 0 Å². The number of rotatable bonds is 7. The van der Waals surface area contributed by atoms with Crippen LogP contribution in [0.1, 0.15) is 43.6 Å². The second kappa shape index (κ2) is 9.86. The maximum absolute atomic E-state index is 6.02. The van der Waals surface area contributed by atoms with Gasteiger partial charge in [0.25, 0.3) is 0 Å². The smallest absolute Gasteiger partial charge is 0.196 e. The van der Waals surface area contributed by atoms with E-state index >= 15 is 0 Å². The van der Waals surface area contributed by atoms with Crippen LogP contribution in [-0.4, -0.2) is 35.0 Å². The lowest BCUT2D eigenvalue weighted by molar-refractivity contribution is -0.935. The SMILES string of the molecule is COc1ccc(-n2c(SCc3ccc(Cl)cc3)nnc2[C@@H](C)[NH+]2CCCCC2)cc1. The molecule has 1 saturated heterocycles. The first-order valence-electron chi connectivity index (χ1n) is 10.5. The Bertz CT molecular complexity index is 952. The molecule has 1 atom stereocenters. The highest BCUT2D eigenvalue weighted by Crippen LogP contribution is 2.28. The van der Waals surface area contributed by atoms with Crippen molar-refractivity contribution in [3.63, 3.8) is 0 Å². The van der Waals surface area contributed by atoms with Crippen molar-refractivity contribution in [1.82, 2.24) is 14.8 Å². The number of benzene rings is 2. The molecule has 1 aliphatic heterocycles. The second-order valence-corrected chi connectivity index (χ2v) is 9.11. The summed E-state index contributed by atoms with van der Waals surface area (Å²) in [5.74, 6) is 2.69. The van der Waals surface area contributed by atoms with Gasteiger partial charge in [-0.15, -0.1) is 10.2 Å². The molecule has 2 heterocycles. The minimum atomic E-state index is 0.296. The monoisotopic (exact) mass is 443 g/mol.